The summed E-state index contributed by atoms with van der Waals surface area (Å²) >= 11 is 0.929. The van der Waals surface area contributed by atoms with Gasteiger partial charge >= 0.3 is 0 Å². The highest BCUT2D eigenvalue weighted by atomic mass is 32.2. The van der Waals surface area contributed by atoms with Crippen LogP contribution in [-0.4, -0.2) is 31.4 Å². The molecule has 1 aliphatic rings. The van der Waals surface area contributed by atoms with E-state index >= 15 is 0 Å². The molecule has 0 radical (unpaired) electrons. The van der Waals surface area contributed by atoms with Crippen molar-refractivity contribution in [2.75, 3.05) is 16.9 Å². The Kier molecular flexibility index (Phi) is 7.09. The molecule has 0 bridgehead atoms. The van der Waals surface area contributed by atoms with Crippen molar-refractivity contribution < 1.29 is 14.6 Å². The molecule has 29 heavy (non-hydrogen) atoms. The van der Waals surface area contributed by atoms with E-state index in [0.717, 1.165) is 34.5 Å². The van der Waals surface area contributed by atoms with Crippen LogP contribution in [0.2, 0.25) is 0 Å². The van der Waals surface area contributed by atoms with Crippen molar-refractivity contribution >= 4 is 57.4 Å². The minimum Gasteiger partial charge on any atom is -0.335 e. The molecule has 4 aromatic rings. The molecule has 3 heterocycles. The van der Waals surface area contributed by atoms with E-state index in [4.69, 9.17) is 5.26 Å². The maximum Gasteiger partial charge on any atom is 0.200 e. The summed E-state index contributed by atoms with van der Waals surface area (Å²) in [6, 6.07) is 15.6. The summed E-state index contributed by atoms with van der Waals surface area (Å²) in [7, 11) is 0. The number of nitrogens with one attached hydrogen (secondary N) is 2. The zero-order valence-corrected chi connectivity index (χ0v) is 16.9. The van der Waals surface area contributed by atoms with Crippen molar-refractivity contribution in [3.63, 3.8) is 0 Å². The van der Waals surface area contributed by atoms with Crippen LogP contribution < -0.4 is 10.6 Å². The number of rotatable bonds is 2. The van der Waals surface area contributed by atoms with E-state index in [2.05, 4.69) is 39.9 Å². The molecule has 1 aliphatic heterocycles. The van der Waals surface area contributed by atoms with Gasteiger partial charge in [-0.25, -0.2) is 25.2 Å². The Labute approximate surface area is 171 Å². The Balaban J connectivity index is 0.000000304. The second-order valence-corrected chi connectivity index (χ2v) is 5.85. The molecule has 0 saturated heterocycles. The van der Waals surface area contributed by atoms with Gasteiger partial charge in [0, 0.05) is 18.3 Å². The van der Waals surface area contributed by atoms with Crippen LogP contribution in [-0.2, 0) is 9.37 Å². The highest BCUT2D eigenvalue weighted by Crippen LogP contribution is 2.36. The van der Waals surface area contributed by atoms with Crippen LogP contribution in [0.4, 0.5) is 23.0 Å². The lowest BCUT2D eigenvalue weighted by molar-refractivity contribution is -0.432. The van der Waals surface area contributed by atoms with Crippen LogP contribution in [0.5, 0.6) is 0 Å². The van der Waals surface area contributed by atoms with Crippen LogP contribution in [0.1, 0.15) is 13.8 Å². The standard InChI is InChI=1S/C16H10N6.C2H6.CH4O3S/c1-2-6-10-9(5-1)17-13-14(18-10)22-16-15(21-13)19-11-7-3-4-8-12(11)20-16;1-2;1-5-4-3-2/h1-8H,(H,17,19,21)(H,18,20,22);1-2H3;2H,1H3. The number of hydrogen-bond acceptors (Lipinski definition) is 10. The van der Waals surface area contributed by atoms with E-state index in [1.807, 2.05) is 62.4 Å². The summed E-state index contributed by atoms with van der Waals surface area (Å²) in [5.74, 6) is 1.33. The van der Waals surface area contributed by atoms with Gasteiger partial charge in [0.1, 0.15) is 0 Å². The monoisotopic (exact) mass is 412 g/mol. The van der Waals surface area contributed by atoms with Gasteiger partial charge in [-0.3, -0.25) is 0 Å². The van der Waals surface area contributed by atoms with Gasteiger partial charge < -0.3 is 10.6 Å². The fraction of sp³-hybridized carbons (Fsp3) is 0.158. The highest BCUT2D eigenvalue weighted by Gasteiger charge is 2.18. The van der Waals surface area contributed by atoms with Crippen LogP contribution in [0.3, 0.4) is 0 Å². The second-order valence-electron chi connectivity index (χ2n) is 5.39. The molecule has 150 valence electrons. The van der Waals surface area contributed by atoms with Gasteiger partial charge in [-0.05, 0) is 24.3 Å². The summed E-state index contributed by atoms with van der Waals surface area (Å²) in [6.07, 6.45) is 1.62. The lowest BCUT2D eigenvalue weighted by Crippen LogP contribution is -2.10. The van der Waals surface area contributed by atoms with Crippen LogP contribution in [0.25, 0.3) is 22.3 Å². The van der Waals surface area contributed by atoms with E-state index in [1.54, 1.807) is 6.26 Å². The highest BCUT2D eigenvalue weighted by molar-refractivity contribution is 7.93. The normalized spacial score (nSPS) is 11.0. The van der Waals surface area contributed by atoms with Crippen molar-refractivity contribution in [2.45, 2.75) is 13.8 Å². The van der Waals surface area contributed by atoms with Crippen LogP contribution in [0.15, 0.2) is 48.5 Å². The Hall–Kier alpha value is -3.05. The van der Waals surface area contributed by atoms with Gasteiger partial charge in [0.25, 0.3) is 0 Å². The molecule has 0 amide bonds. The zero-order chi connectivity index (χ0) is 20.6. The van der Waals surface area contributed by atoms with Crippen molar-refractivity contribution in [1.29, 1.82) is 0 Å². The average Bonchev–Trinajstić information content (AvgIpc) is 2.77. The molecule has 10 heteroatoms. The first-order valence-electron chi connectivity index (χ1n) is 8.87. The Morgan fingerprint density at radius 1 is 0.759 bits per heavy atom. The molecule has 3 N–H and O–H groups in total. The number of hydrogen-bond donors (Lipinski definition) is 3. The molecule has 0 saturated carbocycles. The molecule has 0 fully saturated rings. The zero-order valence-electron chi connectivity index (χ0n) is 16.1. The average molecular weight is 412 g/mol. The van der Waals surface area contributed by atoms with Crippen molar-refractivity contribution in [2.24, 2.45) is 0 Å². The Bertz CT molecular complexity index is 1030. The van der Waals surface area contributed by atoms with E-state index < -0.39 is 0 Å². The van der Waals surface area contributed by atoms with E-state index in [0.29, 0.717) is 22.9 Å². The predicted molar refractivity (Wildman–Crippen MR) is 115 cm³/mol. The van der Waals surface area contributed by atoms with Gasteiger partial charge in [-0.2, -0.15) is 0 Å². The van der Waals surface area contributed by atoms with E-state index in [1.165, 1.54) is 0 Å². The number of nitrogens with zero attached hydrogens (tertiary/aromatic N) is 4. The molecule has 0 unspecified atom stereocenters. The molecule has 2 aromatic heterocycles. The minimum absolute atomic E-state index is 0.533. The summed E-state index contributed by atoms with van der Waals surface area (Å²) < 4.78 is 3.81. The smallest absolute Gasteiger partial charge is 0.200 e. The maximum absolute atomic E-state index is 7.32. The molecule has 9 nitrogen and oxygen atoms in total. The quantitative estimate of drug-likeness (QED) is 0.157. The van der Waals surface area contributed by atoms with Crippen LogP contribution in [0, 0.1) is 0 Å². The maximum atomic E-state index is 7.32. The molecule has 2 aromatic carbocycles. The Morgan fingerprint density at radius 3 is 1.59 bits per heavy atom. The van der Waals surface area contributed by atoms with E-state index in [9.17, 15) is 0 Å². The number of benzene rings is 2. The number of para-hydroxylation sites is 4. The molecule has 5 rings (SSSR count). The van der Waals surface area contributed by atoms with Gasteiger partial charge in [0.15, 0.2) is 11.6 Å². The van der Waals surface area contributed by atoms with Crippen molar-refractivity contribution in [3.05, 3.63) is 48.5 Å². The lowest BCUT2D eigenvalue weighted by atomic mass is 10.2. The fourth-order valence-electron chi connectivity index (χ4n) is 2.61. The SMILES string of the molecule is CC.CSOOO.c1ccc2c(c1)Nc1nc3nc4ccccc4nc3nc1N2. The van der Waals surface area contributed by atoms with Gasteiger partial charge in [-0.1, -0.05) is 43.2 Å². The summed E-state index contributed by atoms with van der Waals surface area (Å²) in [6.45, 7) is 4.00. The first-order valence-corrected chi connectivity index (χ1v) is 10.0. The van der Waals surface area contributed by atoms with Crippen LogP contribution >= 0.6 is 12.0 Å². The van der Waals surface area contributed by atoms with Crippen molar-refractivity contribution in [1.82, 2.24) is 19.9 Å². The lowest BCUT2D eigenvalue weighted by Gasteiger charge is -2.20. The van der Waals surface area contributed by atoms with E-state index in [-0.39, 0.29) is 0 Å². The number of fused-ring (bicyclic) bond motifs is 4. The van der Waals surface area contributed by atoms with Crippen molar-refractivity contribution in [3.8, 4) is 0 Å². The third kappa shape index (κ3) is 4.69. The molecule has 0 aliphatic carbocycles. The number of anilines is 4. The first-order chi connectivity index (χ1) is 14.3. The molecular weight excluding hydrogens is 392 g/mol. The molecule has 0 atom stereocenters. The third-order valence-electron chi connectivity index (χ3n) is 3.73. The largest absolute Gasteiger partial charge is 0.335 e. The number of aromatic nitrogens is 4. The van der Waals surface area contributed by atoms with Gasteiger partial charge in [0.05, 0.1) is 22.4 Å². The molecular formula is C19H20N6O3S. The fourth-order valence-corrected chi connectivity index (χ4v) is 2.67. The summed E-state index contributed by atoms with van der Waals surface area (Å²) in [4.78, 5) is 18.2. The Morgan fingerprint density at radius 2 is 1.21 bits per heavy atom. The first kappa shape index (κ1) is 20.7. The summed E-state index contributed by atoms with van der Waals surface area (Å²) in [5, 5.41) is 17.0. The predicted octanol–water partition coefficient (Wildman–Crippen LogP) is 5.09. The van der Waals surface area contributed by atoms with Gasteiger partial charge in [0.2, 0.25) is 11.3 Å². The summed E-state index contributed by atoms with van der Waals surface area (Å²) in [5.41, 5.74) is 4.63. The molecule has 0 spiro atoms. The van der Waals surface area contributed by atoms with Gasteiger partial charge in [-0.15, -0.1) is 4.33 Å². The third-order valence-corrected chi connectivity index (χ3v) is 3.92. The topological polar surface area (TPSA) is 114 Å². The minimum atomic E-state index is 0.533. The second kappa shape index (κ2) is 9.94.